The van der Waals surface area contributed by atoms with Crippen molar-refractivity contribution < 1.29 is 9.84 Å². The third-order valence-corrected chi connectivity index (χ3v) is 3.30. The van der Waals surface area contributed by atoms with Crippen LogP contribution in [0.25, 0.3) is 0 Å². The number of aliphatic hydroxyl groups is 1. The molecule has 90 valence electrons. The highest BCUT2D eigenvalue weighted by Gasteiger charge is 2.34. The van der Waals surface area contributed by atoms with Crippen LogP contribution >= 0.6 is 0 Å². The molecule has 4 atom stereocenters. The van der Waals surface area contributed by atoms with Crippen LogP contribution in [0.3, 0.4) is 0 Å². The molecule has 0 saturated carbocycles. The summed E-state index contributed by atoms with van der Waals surface area (Å²) in [4.78, 5) is 0. The highest BCUT2D eigenvalue weighted by atomic mass is 16.5. The average Bonchev–Trinajstić information content (AvgIpc) is 2.78. The van der Waals surface area contributed by atoms with Crippen LogP contribution in [0.2, 0.25) is 0 Å². The molecule has 1 heterocycles. The fourth-order valence-electron chi connectivity index (χ4n) is 2.31. The first kappa shape index (κ1) is 12.1. The molecule has 3 heteroatoms. The lowest BCUT2D eigenvalue weighted by atomic mass is 9.91. The smallest absolute Gasteiger partial charge is 0.103 e. The van der Waals surface area contributed by atoms with Crippen molar-refractivity contribution in [2.45, 2.75) is 38.1 Å². The van der Waals surface area contributed by atoms with Crippen LogP contribution in [0.5, 0.6) is 0 Å². The van der Waals surface area contributed by atoms with E-state index in [9.17, 15) is 10.4 Å². The van der Waals surface area contributed by atoms with Crippen molar-refractivity contribution in [3.63, 3.8) is 0 Å². The lowest BCUT2D eigenvalue weighted by Crippen LogP contribution is -2.25. The fourth-order valence-corrected chi connectivity index (χ4v) is 2.31. The second-order valence-corrected chi connectivity index (χ2v) is 4.57. The maximum atomic E-state index is 10.2. The van der Waals surface area contributed by atoms with Crippen molar-refractivity contribution in [3.05, 3.63) is 35.9 Å². The van der Waals surface area contributed by atoms with Gasteiger partial charge < -0.3 is 9.84 Å². The van der Waals surface area contributed by atoms with E-state index in [1.807, 2.05) is 37.3 Å². The molecule has 0 spiro atoms. The van der Waals surface area contributed by atoms with Gasteiger partial charge in [-0.15, -0.1) is 0 Å². The summed E-state index contributed by atoms with van der Waals surface area (Å²) in [5, 5.41) is 19.4. The zero-order valence-electron chi connectivity index (χ0n) is 9.91. The molecule has 0 aliphatic carbocycles. The van der Waals surface area contributed by atoms with Gasteiger partial charge >= 0.3 is 0 Å². The normalized spacial score (nSPS) is 27.4. The predicted octanol–water partition coefficient (Wildman–Crippen LogP) is 2.43. The second-order valence-electron chi connectivity index (χ2n) is 4.57. The summed E-state index contributed by atoms with van der Waals surface area (Å²) in [5.41, 5.74) is 0.780. The van der Waals surface area contributed by atoms with E-state index in [2.05, 4.69) is 6.07 Å². The number of ether oxygens (including phenoxy) is 1. The van der Waals surface area contributed by atoms with Gasteiger partial charge in [0.05, 0.1) is 24.4 Å². The van der Waals surface area contributed by atoms with Crippen LogP contribution in [0.4, 0.5) is 0 Å². The first-order chi connectivity index (χ1) is 8.22. The van der Waals surface area contributed by atoms with Crippen molar-refractivity contribution in [1.82, 2.24) is 0 Å². The molecule has 0 amide bonds. The maximum absolute atomic E-state index is 10.2. The number of nitriles is 1. The summed E-state index contributed by atoms with van der Waals surface area (Å²) in [6.45, 7) is 2.00. The van der Waals surface area contributed by atoms with Gasteiger partial charge in [-0.25, -0.2) is 0 Å². The van der Waals surface area contributed by atoms with Crippen LogP contribution in [-0.2, 0) is 4.74 Å². The number of rotatable bonds is 3. The van der Waals surface area contributed by atoms with Gasteiger partial charge in [0.15, 0.2) is 0 Å². The summed E-state index contributed by atoms with van der Waals surface area (Å²) in [5.74, 6) is -0.484. The van der Waals surface area contributed by atoms with Gasteiger partial charge in [-0.1, -0.05) is 30.3 Å². The van der Waals surface area contributed by atoms with E-state index in [0.717, 1.165) is 18.4 Å². The van der Waals surface area contributed by atoms with Crippen LogP contribution in [0.15, 0.2) is 30.3 Å². The topological polar surface area (TPSA) is 53.2 Å². The van der Waals surface area contributed by atoms with Crippen LogP contribution in [0, 0.1) is 17.2 Å². The molecule has 0 unspecified atom stereocenters. The average molecular weight is 231 g/mol. The Bertz CT molecular complexity index is 398. The van der Waals surface area contributed by atoms with E-state index in [4.69, 9.17) is 4.74 Å². The van der Waals surface area contributed by atoms with Gasteiger partial charge in [0, 0.05) is 0 Å². The van der Waals surface area contributed by atoms with E-state index < -0.39 is 12.0 Å². The molecule has 1 fully saturated rings. The molecule has 1 N–H and O–H groups in total. The Balaban J connectivity index is 2.11. The van der Waals surface area contributed by atoms with Crippen molar-refractivity contribution in [3.8, 4) is 6.07 Å². The number of aliphatic hydroxyl groups excluding tert-OH is 1. The zero-order valence-corrected chi connectivity index (χ0v) is 9.91. The fraction of sp³-hybridized carbons (Fsp3) is 0.500. The maximum Gasteiger partial charge on any atom is 0.103 e. The van der Waals surface area contributed by atoms with E-state index in [0.29, 0.717) is 0 Å². The minimum absolute atomic E-state index is 0.148. The summed E-state index contributed by atoms with van der Waals surface area (Å²) < 4.78 is 5.67. The summed E-state index contributed by atoms with van der Waals surface area (Å²) in [7, 11) is 0. The number of hydrogen-bond donors (Lipinski definition) is 1. The van der Waals surface area contributed by atoms with Gasteiger partial charge in [-0.05, 0) is 25.3 Å². The van der Waals surface area contributed by atoms with Gasteiger partial charge in [-0.2, -0.15) is 5.26 Å². The molecule has 1 aromatic rings. The highest BCUT2D eigenvalue weighted by molar-refractivity contribution is 5.20. The predicted molar refractivity (Wildman–Crippen MR) is 64.1 cm³/mol. The molecule has 0 radical (unpaired) electrons. The van der Waals surface area contributed by atoms with Crippen LogP contribution < -0.4 is 0 Å². The largest absolute Gasteiger partial charge is 0.387 e. The van der Waals surface area contributed by atoms with Gasteiger partial charge in [0.2, 0.25) is 0 Å². The van der Waals surface area contributed by atoms with E-state index in [1.165, 1.54) is 0 Å². The zero-order chi connectivity index (χ0) is 12.3. The number of hydrogen-bond acceptors (Lipinski definition) is 3. The Morgan fingerprint density at radius 3 is 2.59 bits per heavy atom. The monoisotopic (exact) mass is 231 g/mol. The minimum atomic E-state index is -0.767. The lowest BCUT2D eigenvalue weighted by molar-refractivity contribution is -0.00911. The Morgan fingerprint density at radius 2 is 2.06 bits per heavy atom. The van der Waals surface area contributed by atoms with Crippen molar-refractivity contribution in [1.29, 1.82) is 5.26 Å². The van der Waals surface area contributed by atoms with Crippen molar-refractivity contribution in [2.75, 3.05) is 0 Å². The summed E-state index contributed by atoms with van der Waals surface area (Å²) in [6, 6.07) is 11.5. The number of nitrogens with zero attached hydrogens (tertiary/aromatic N) is 1. The summed E-state index contributed by atoms with van der Waals surface area (Å²) in [6.07, 6.45) is 1.09. The van der Waals surface area contributed by atoms with Crippen molar-refractivity contribution >= 4 is 0 Å². The quantitative estimate of drug-likeness (QED) is 0.869. The number of benzene rings is 1. The minimum Gasteiger partial charge on any atom is -0.387 e. The molecule has 17 heavy (non-hydrogen) atoms. The molecule has 2 rings (SSSR count). The molecule has 3 nitrogen and oxygen atoms in total. The highest BCUT2D eigenvalue weighted by Crippen LogP contribution is 2.32. The first-order valence-electron chi connectivity index (χ1n) is 6.00. The van der Waals surface area contributed by atoms with E-state index in [-0.39, 0.29) is 12.2 Å². The van der Waals surface area contributed by atoms with Gasteiger partial charge in [-0.3, -0.25) is 0 Å². The Kier molecular flexibility index (Phi) is 3.78. The van der Waals surface area contributed by atoms with Gasteiger partial charge in [0.1, 0.15) is 5.92 Å². The molecule has 1 aromatic carbocycles. The third-order valence-electron chi connectivity index (χ3n) is 3.30. The van der Waals surface area contributed by atoms with Crippen LogP contribution in [-0.4, -0.2) is 17.3 Å². The van der Waals surface area contributed by atoms with Gasteiger partial charge in [0.25, 0.3) is 0 Å². The molecular weight excluding hydrogens is 214 g/mol. The van der Waals surface area contributed by atoms with E-state index >= 15 is 0 Å². The Morgan fingerprint density at radius 1 is 1.35 bits per heavy atom. The molecular formula is C14H17NO2. The molecule has 1 aliphatic heterocycles. The standard InChI is InChI=1S/C14H17NO2/c1-10-7-8-13(17-10)12(9-15)14(16)11-5-3-2-4-6-11/h2-6,10,12-14,16H,7-8H2,1H3/t10-,12+,13-,14+/m0/s1. The molecule has 0 bridgehead atoms. The third kappa shape index (κ3) is 2.66. The Hall–Kier alpha value is -1.37. The molecule has 0 aromatic heterocycles. The molecule has 1 aliphatic rings. The first-order valence-corrected chi connectivity index (χ1v) is 6.00. The lowest BCUT2D eigenvalue weighted by Gasteiger charge is -2.22. The molecule has 1 saturated heterocycles. The SMILES string of the molecule is C[C@H]1CC[C@@H]([C@@H](C#N)[C@H](O)c2ccccc2)O1. The van der Waals surface area contributed by atoms with Crippen molar-refractivity contribution in [2.24, 2.45) is 5.92 Å². The summed E-state index contributed by atoms with van der Waals surface area (Å²) >= 11 is 0. The Labute approximate surface area is 102 Å². The second kappa shape index (κ2) is 5.31. The van der Waals surface area contributed by atoms with E-state index in [1.54, 1.807) is 0 Å². The van der Waals surface area contributed by atoms with Crippen LogP contribution in [0.1, 0.15) is 31.4 Å².